The summed E-state index contributed by atoms with van der Waals surface area (Å²) in [6.45, 7) is 4.19. The van der Waals surface area contributed by atoms with Crippen molar-refractivity contribution in [2.75, 3.05) is 0 Å². The van der Waals surface area contributed by atoms with Crippen LogP contribution < -0.4 is 0 Å². The van der Waals surface area contributed by atoms with Crippen LogP contribution in [-0.2, 0) is 4.79 Å². The van der Waals surface area contributed by atoms with Crippen LogP contribution in [0.4, 0.5) is 0 Å². The van der Waals surface area contributed by atoms with Crippen molar-refractivity contribution in [1.82, 2.24) is 0 Å². The van der Waals surface area contributed by atoms with Crippen LogP contribution in [0.25, 0.3) is 0 Å². The molecule has 0 amide bonds. The number of aliphatic hydroxyl groups is 1. The normalized spacial score (nSPS) is 41.9. The Labute approximate surface area is 91.4 Å². The highest BCUT2D eigenvalue weighted by atomic mass is 16.3. The maximum Gasteiger partial charge on any atom is 0.126 e. The van der Waals surface area contributed by atoms with Crippen LogP contribution >= 0.6 is 0 Å². The number of aliphatic hydroxyl groups excluding tert-OH is 1. The van der Waals surface area contributed by atoms with Gasteiger partial charge in [0.25, 0.3) is 0 Å². The molecule has 0 aliphatic heterocycles. The standard InChI is InChI=1S/C13H20O2/c1-9(8-14)10-5-6-11-12(15)4-3-7-13(10,11)2/h5,8-9,11-12,15H,3-4,6-7H2,1-2H3/t9-,11?,12?,13-/m1/s1. The summed E-state index contributed by atoms with van der Waals surface area (Å²) in [4.78, 5) is 10.9. The van der Waals surface area contributed by atoms with Gasteiger partial charge < -0.3 is 9.90 Å². The number of allylic oxidation sites excluding steroid dienone is 2. The second-order valence-corrected chi connectivity index (χ2v) is 5.30. The number of aldehydes is 1. The van der Waals surface area contributed by atoms with E-state index in [0.29, 0.717) is 5.92 Å². The highest BCUT2D eigenvalue weighted by molar-refractivity contribution is 5.59. The molecule has 2 heteroatoms. The Morgan fingerprint density at radius 3 is 3.07 bits per heavy atom. The first-order chi connectivity index (χ1) is 7.09. The molecule has 2 aliphatic carbocycles. The van der Waals surface area contributed by atoms with Crippen molar-refractivity contribution in [3.05, 3.63) is 11.6 Å². The third kappa shape index (κ3) is 1.55. The molecule has 84 valence electrons. The van der Waals surface area contributed by atoms with Gasteiger partial charge in [0.1, 0.15) is 6.29 Å². The Morgan fingerprint density at radius 1 is 1.67 bits per heavy atom. The molecule has 0 bridgehead atoms. The first-order valence-corrected chi connectivity index (χ1v) is 5.93. The molecule has 1 N–H and O–H groups in total. The van der Waals surface area contributed by atoms with E-state index in [4.69, 9.17) is 0 Å². The third-order valence-corrected chi connectivity index (χ3v) is 4.42. The van der Waals surface area contributed by atoms with Crippen LogP contribution in [0.15, 0.2) is 11.6 Å². The molecule has 0 saturated heterocycles. The molecule has 0 aromatic heterocycles. The predicted octanol–water partition coefficient (Wildman–Crippen LogP) is 2.32. The molecule has 2 unspecified atom stereocenters. The summed E-state index contributed by atoms with van der Waals surface area (Å²) in [6, 6.07) is 0. The second-order valence-electron chi connectivity index (χ2n) is 5.30. The monoisotopic (exact) mass is 208 g/mol. The van der Waals surface area contributed by atoms with Crippen LogP contribution in [0, 0.1) is 17.3 Å². The van der Waals surface area contributed by atoms with Crippen LogP contribution in [0.1, 0.15) is 39.5 Å². The Hall–Kier alpha value is -0.630. The fourth-order valence-electron chi connectivity index (χ4n) is 3.53. The molecule has 1 fully saturated rings. The van der Waals surface area contributed by atoms with Gasteiger partial charge in [-0.1, -0.05) is 25.5 Å². The lowest BCUT2D eigenvalue weighted by Gasteiger charge is -2.42. The summed E-state index contributed by atoms with van der Waals surface area (Å²) in [5, 5.41) is 10.00. The van der Waals surface area contributed by atoms with E-state index in [1.807, 2.05) is 6.92 Å². The van der Waals surface area contributed by atoms with Crippen molar-refractivity contribution in [2.45, 2.75) is 45.6 Å². The number of fused-ring (bicyclic) bond motifs is 1. The third-order valence-electron chi connectivity index (χ3n) is 4.42. The van der Waals surface area contributed by atoms with Crippen molar-refractivity contribution in [3.63, 3.8) is 0 Å². The summed E-state index contributed by atoms with van der Waals surface area (Å²) in [5.74, 6) is 0.369. The van der Waals surface area contributed by atoms with E-state index in [2.05, 4.69) is 13.0 Å². The minimum Gasteiger partial charge on any atom is -0.393 e. The van der Waals surface area contributed by atoms with E-state index >= 15 is 0 Å². The molecule has 15 heavy (non-hydrogen) atoms. The summed E-state index contributed by atoms with van der Waals surface area (Å²) in [6.07, 6.45) is 7.13. The van der Waals surface area contributed by atoms with E-state index in [1.165, 1.54) is 5.57 Å². The quantitative estimate of drug-likeness (QED) is 0.558. The Morgan fingerprint density at radius 2 is 2.40 bits per heavy atom. The summed E-state index contributed by atoms with van der Waals surface area (Å²) >= 11 is 0. The Bertz CT molecular complexity index is 295. The maximum absolute atomic E-state index is 10.9. The lowest BCUT2D eigenvalue weighted by Crippen LogP contribution is -2.39. The van der Waals surface area contributed by atoms with Gasteiger partial charge in [-0.3, -0.25) is 0 Å². The number of rotatable bonds is 2. The largest absolute Gasteiger partial charge is 0.393 e. The maximum atomic E-state index is 10.9. The molecule has 2 rings (SSSR count). The van der Waals surface area contributed by atoms with Gasteiger partial charge in [0, 0.05) is 5.92 Å². The zero-order chi connectivity index (χ0) is 11.1. The van der Waals surface area contributed by atoms with Crippen LogP contribution in [-0.4, -0.2) is 17.5 Å². The van der Waals surface area contributed by atoms with Gasteiger partial charge in [0.2, 0.25) is 0 Å². The smallest absolute Gasteiger partial charge is 0.126 e. The van der Waals surface area contributed by atoms with Gasteiger partial charge in [-0.25, -0.2) is 0 Å². The minimum absolute atomic E-state index is 0.0188. The van der Waals surface area contributed by atoms with Gasteiger partial charge in [0.15, 0.2) is 0 Å². The van der Waals surface area contributed by atoms with Crippen molar-refractivity contribution in [3.8, 4) is 0 Å². The minimum atomic E-state index is -0.170. The Kier molecular flexibility index (Phi) is 2.72. The number of carbonyl (C=O) groups is 1. The highest BCUT2D eigenvalue weighted by Gasteiger charge is 2.47. The first-order valence-electron chi connectivity index (χ1n) is 5.93. The zero-order valence-corrected chi connectivity index (χ0v) is 9.57. The molecule has 2 aliphatic rings. The topological polar surface area (TPSA) is 37.3 Å². The summed E-state index contributed by atoms with van der Waals surface area (Å²) in [7, 11) is 0. The zero-order valence-electron chi connectivity index (χ0n) is 9.57. The molecular formula is C13H20O2. The average Bonchev–Trinajstić information content (AvgIpc) is 2.56. The lowest BCUT2D eigenvalue weighted by molar-refractivity contribution is -0.110. The molecule has 0 heterocycles. The van der Waals surface area contributed by atoms with Crippen molar-refractivity contribution < 1.29 is 9.90 Å². The van der Waals surface area contributed by atoms with Crippen LogP contribution in [0.3, 0.4) is 0 Å². The van der Waals surface area contributed by atoms with E-state index in [-0.39, 0.29) is 17.4 Å². The number of hydrogen-bond donors (Lipinski definition) is 1. The highest BCUT2D eigenvalue weighted by Crippen LogP contribution is 2.54. The van der Waals surface area contributed by atoms with Gasteiger partial charge in [-0.15, -0.1) is 0 Å². The van der Waals surface area contributed by atoms with E-state index in [1.54, 1.807) is 0 Å². The predicted molar refractivity (Wildman–Crippen MR) is 59.4 cm³/mol. The molecule has 0 aromatic carbocycles. The van der Waals surface area contributed by atoms with Gasteiger partial charge in [-0.2, -0.15) is 0 Å². The van der Waals surface area contributed by atoms with Gasteiger partial charge in [-0.05, 0) is 37.0 Å². The van der Waals surface area contributed by atoms with E-state index < -0.39 is 0 Å². The first kappa shape index (κ1) is 10.9. The van der Waals surface area contributed by atoms with Gasteiger partial charge >= 0.3 is 0 Å². The van der Waals surface area contributed by atoms with E-state index in [9.17, 15) is 9.90 Å². The Balaban J connectivity index is 2.26. The van der Waals surface area contributed by atoms with Crippen LogP contribution in [0.5, 0.6) is 0 Å². The average molecular weight is 208 g/mol. The van der Waals surface area contributed by atoms with Gasteiger partial charge in [0.05, 0.1) is 6.10 Å². The fraction of sp³-hybridized carbons (Fsp3) is 0.769. The molecule has 4 atom stereocenters. The van der Waals surface area contributed by atoms with Crippen molar-refractivity contribution in [1.29, 1.82) is 0 Å². The molecular weight excluding hydrogens is 188 g/mol. The second kappa shape index (κ2) is 3.75. The SMILES string of the molecule is C[C@H](C=O)C1=CCC2C(O)CCC[C@]12C. The molecule has 2 nitrogen and oxygen atoms in total. The fourth-order valence-corrected chi connectivity index (χ4v) is 3.53. The van der Waals surface area contributed by atoms with E-state index in [0.717, 1.165) is 32.0 Å². The molecule has 0 aromatic rings. The summed E-state index contributed by atoms with van der Waals surface area (Å²) in [5.41, 5.74) is 1.35. The summed E-state index contributed by atoms with van der Waals surface area (Å²) < 4.78 is 0. The molecule has 0 spiro atoms. The van der Waals surface area contributed by atoms with Crippen LogP contribution in [0.2, 0.25) is 0 Å². The molecule has 0 radical (unpaired) electrons. The number of hydrogen-bond acceptors (Lipinski definition) is 2. The molecule has 1 saturated carbocycles. The number of carbonyl (C=O) groups excluding carboxylic acids is 1. The van der Waals surface area contributed by atoms with Crippen molar-refractivity contribution >= 4 is 6.29 Å². The lowest BCUT2D eigenvalue weighted by atomic mass is 9.63. The van der Waals surface area contributed by atoms with Crippen molar-refractivity contribution in [2.24, 2.45) is 17.3 Å².